The van der Waals surface area contributed by atoms with Crippen LogP contribution < -0.4 is 5.32 Å². The summed E-state index contributed by atoms with van der Waals surface area (Å²) >= 11 is 12.0. The number of piperazine rings is 1. The van der Waals surface area contributed by atoms with Crippen molar-refractivity contribution in [3.63, 3.8) is 0 Å². The Labute approximate surface area is 160 Å². The van der Waals surface area contributed by atoms with Gasteiger partial charge in [0, 0.05) is 36.8 Å². The Balaban J connectivity index is 1.58. The molecule has 6 nitrogen and oxygen atoms in total. The first kappa shape index (κ1) is 18.4. The van der Waals surface area contributed by atoms with Crippen molar-refractivity contribution in [1.29, 1.82) is 0 Å². The van der Waals surface area contributed by atoms with Crippen molar-refractivity contribution in [3.05, 3.63) is 58.1 Å². The Morgan fingerprint density at radius 3 is 2.35 bits per heavy atom. The number of nitrogens with zero attached hydrogens (tertiary/aromatic N) is 2. The minimum absolute atomic E-state index is 0.0484. The Hall–Kier alpha value is -2.44. The van der Waals surface area contributed by atoms with Crippen LogP contribution in [0.5, 0.6) is 5.75 Å². The lowest BCUT2D eigenvalue weighted by atomic mass is 10.1. The van der Waals surface area contributed by atoms with E-state index in [9.17, 15) is 14.7 Å². The first-order valence-electron chi connectivity index (χ1n) is 8.03. The molecule has 1 saturated heterocycles. The fourth-order valence-corrected chi connectivity index (χ4v) is 3.06. The van der Waals surface area contributed by atoms with Gasteiger partial charge in [0.2, 0.25) is 0 Å². The summed E-state index contributed by atoms with van der Waals surface area (Å²) in [4.78, 5) is 28.1. The lowest BCUT2D eigenvalue weighted by molar-refractivity contribution is 0.0671. The molecule has 0 aliphatic carbocycles. The van der Waals surface area contributed by atoms with Crippen molar-refractivity contribution in [1.82, 2.24) is 9.80 Å². The van der Waals surface area contributed by atoms with Gasteiger partial charge in [-0.2, -0.15) is 0 Å². The van der Waals surface area contributed by atoms with Crippen LogP contribution in [0.4, 0.5) is 10.5 Å². The van der Waals surface area contributed by atoms with Crippen LogP contribution in [0.3, 0.4) is 0 Å². The van der Waals surface area contributed by atoms with Crippen molar-refractivity contribution in [2.45, 2.75) is 0 Å². The molecule has 1 aliphatic rings. The van der Waals surface area contributed by atoms with E-state index in [1.807, 2.05) is 0 Å². The van der Waals surface area contributed by atoms with Crippen molar-refractivity contribution in [3.8, 4) is 5.75 Å². The van der Waals surface area contributed by atoms with E-state index in [1.54, 1.807) is 40.1 Å². The highest BCUT2D eigenvalue weighted by Gasteiger charge is 2.25. The third-order valence-electron chi connectivity index (χ3n) is 4.12. The normalized spacial score (nSPS) is 14.2. The van der Waals surface area contributed by atoms with Crippen molar-refractivity contribution in [2.24, 2.45) is 0 Å². The zero-order chi connectivity index (χ0) is 18.7. The number of anilines is 1. The third kappa shape index (κ3) is 4.20. The van der Waals surface area contributed by atoms with Gasteiger partial charge in [-0.3, -0.25) is 4.79 Å². The Bertz CT molecular complexity index is 836. The van der Waals surface area contributed by atoms with E-state index in [0.29, 0.717) is 47.5 Å². The largest absolute Gasteiger partial charge is 0.508 e. The number of hydrogen-bond donors (Lipinski definition) is 2. The number of urea groups is 1. The lowest BCUT2D eigenvalue weighted by Gasteiger charge is -2.34. The molecule has 2 N–H and O–H groups in total. The molecule has 136 valence electrons. The summed E-state index contributed by atoms with van der Waals surface area (Å²) in [5.74, 6) is -0.119. The average Bonchev–Trinajstić information content (AvgIpc) is 2.64. The number of aromatic hydroxyl groups is 1. The maximum atomic E-state index is 12.5. The highest BCUT2D eigenvalue weighted by Crippen LogP contribution is 2.25. The second-order valence-corrected chi connectivity index (χ2v) is 6.73. The number of benzene rings is 2. The molecule has 2 aromatic rings. The predicted molar refractivity (Wildman–Crippen MR) is 101 cm³/mol. The lowest BCUT2D eigenvalue weighted by Crippen LogP contribution is -2.51. The van der Waals surface area contributed by atoms with Gasteiger partial charge >= 0.3 is 6.03 Å². The van der Waals surface area contributed by atoms with Crippen LogP contribution in [-0.2, 0) is 0 Å². The molecule has 3 rings (SSSR count). The van der Waals surface area contributed by atoms with Gasteiger partial charge in [-0.1, -0.05) is 29.3 Å². The first-order valence-corrected chi connectivity index (χ1v) is 8.79. The molecule has 26 heavy (non-hydrogen) atoms. The number of hydrogen-bond acceptors (Lipinski definition) is 3. The molecule has 0 aromatic heterocycles. The number of rotatable bonds is 2. The number of amides is 3. The fourth-order valence-electron chi connectivity index (χ4n) is 2.72. The molecule has 8 heteroatoms. The van der Waals surface area contributed by atoms with E-state index in [-0.39, 0.29) is 17.7 Å². The van der Waals surface area contributed by atoms with Crippen LogP contribution in [0.15, 0.2) is 42.5 Å². The monoisotopic (exact) mass is 393 g/mol. The summed E-state index contributed by atoms with van der Waals surface area (Å²) in [5, 5.41) is 13.1. The average molecular weight is 394 g/mol. The van der Waals surface area contributed by atoms with Crippen molar-refractivity contribution >= 4 is 40.8 Å². The van der Waals surface area contributed by atoms with Gasteiger partial charge in [-0.25, -0.2) is 4.79 Å². The molecule has 1 aliphatic heterocycles. The van der Waals surface area contributed by atoms with Gasteiger partial charge in [0.15, 0.2) is 0 Å². The Morgan fingerprint density at radius 1 is 0.962 bits per heavy atom. The van der Waals surface area contributed by atoms with Crippen LogP contribution in [0.2, 0.25) is 10.0 Å². The highest BCUT2D eigenvalue weighted by atomic mass is 35.5. The minimum Gasteiger partial charge on any atom is -0.508 e. The summed E-state index contributed by atoms with van der Waals surface area (Å²) in [6.07, 6.45) is 0. The van der Waals surface area contributed by atoms with Crippen LogP contribution in [0, 0.1) is 0 Å². The van der Waals surface area contributed by atoms with Gasteiger partial charge < -0.3 is 20.2 Å². The molecule has 1 heterocycles. The topological polar surface area (TPSA) is 72.9 Å². The fraction of sp³-hybridized carbons (Fsp3) is 0.222. The highest BCUT2D eigenvalue weighted by molar-refractivity contribution is 6.35. The number of carbonyl (C=O) groups excluding carboxylic acids is 2. The van der Waals surface area contributed by atoms with Crippen LogP contribution >= 0.6 is 23.2 Å². The van der Waals surface area contributed by atoms with E-state index in [2.05, 4.69) is 5.32 Å². The van der Waals surface area contributed by atoms with Gasteiger partial charge in [0.25, 0.3) is 5.91 Å². The van der Waals surface area contributed by atoms with Crippen LogP contribution in [0.1, 0.15) is 10.4 Å². The van der Waals surface area contributed by atoms with Gasteiger partial charge in [0.1, 0.15) is 5.75 Å². The smallest absolute Gasteiger partial charge is 0.322 e. The molecule has 3 amide bonds. The van der Waals surface area contributed by atoms with Crippen molar-refractivity contribution in [2.75, 3.05) is 31.5 Å². The number of carbonyl (C=O) groups is 2. The third-order valence-corrected chi connectivity index (χ3v) is 4.68. The van der Waals surface area contributed by atoms with Crippen LogP contribution in [-0.4, -0.2) is 53.0 Å². The minimum atomic E-state index is -0.293. The summed E-state index contributed by atoms with van der Waals surface area (Å²) in [6.45, 7) is 1.61. The SMILES string of the molecule is O=C(Nc1cc(Cl)ccc1Cl)N1CCN(C(=O)c2cccc(O)c2)CC1. The molecule has 2 aromatic carbocycles. The van der Waals surface area contributed by atoms with Gasteiger partial charge in [-0.05, 0) is 36.4 Å². The molecular weight excluding hydrogens is 377 g/mol. The number of phenols is 1. The molecule has 1 fully saturated rings. The molecule has 0 unspecified atom stereocenters. The zero-order valence-electron chi connectivity index (χ0n) is 13.8. The summed E-state index contributed by atoms with van der Waals surface area (Å²) in [6, 6.07) is 10.8. The van der Waals surface area contributed by atoms with E-state index in [1.165, 1.54) is 12.1 Å². The van der Waals surface area contributed by atoms with E-state index >= 15 is 0 Å². The Morgan fingerprint density at radius 2 is 1.65 bits per heavy atom. The number of nitrogens with one attached hydrogen (secondary N) is 1. The molecule has 0 saturated carbocycles. The number of phenolic OH excluding ortho intramolecular Hbond substituents is 1. The van der Waals surface area contributed by atoms with E-state index in [4.69, 9.17) is 23.2 Å². The van der Waals surface area contributed by atoms with Gasteiger partial charge in [-0.15, -0.1) is 0 Å². The second kappa shape index (κ2) is 7.85. The first-order chi connectivity index (χ1) is 12.4. The standard InChI is InChI=1S/C18H17Cl2N3O3/c19-13-4-5-15(20)16(11-13)21-18(26)23-8-6-22(7-9-23)17(25)12-2-1-3-14(24)10-12/h1-5,10-11,24H,6-9H2,(H,21,26). The maximum absolute atomic E-state index is 12.5. The second-order valence-electron chi connectivity index (χ2n) is 5.88. The number of halogens is 2. The van der Waals surface area contributed by atoms with Crippen molar-refractivity contribution < 1.29 is 14.7 Å². The Kier molecular flexibility index (Phi) is 5.54. The molecular formula is C18H17Cl2N3O3. The molecule has 0 radical (unpaired) electrons. The summed E-state index contributed by atoms with van der Waals surface area (Å²) < 4.78 is 0. The van der Waals surface area contributed by atoms with Gasteiger partial charge in [0.05, 0.1) is 10.7 Å². The summed E-state index contributed by atoms with van der Waals surface area (Å²) in [5.41, 5.74) is 0.871. The predicted octanol–water partition coefficient (Wildman–Crippen LogP) is 3.69. The quantitative estimate of drug-likeness (QED) is 0.816. The van der Waals surface area contributed by atoms with Crippen LogP contribution in [0.25, 0.3) is 0 Å². The van der Waals surface area contributed by atoms with E-state index in [0.717, 1.165) is 0 Å². The molecule has 0 bridgehead atoms. The zero-order valence-corrected chi connectivity index (χ0v) is 15.3. The summed E-state index contributed by atoms with van der Waals surface area (Å²) in [7, 11) is 0. The maximum Gasteiger partial charge on any atom is 0.322 e. The molecule has 0 atom stereocenters. The molecule has 0 spiro atoms. The van der Waals surface area contributed by atoms with E-state index < -0.39 is 0 Å².